The predicted molar refractivity (Wildman–Crippen MR) is 44.9 cm³/mol. The Morgan fingerprint density at radius 2 is 2.62 bits per heavy atom. The van der Waals surface area contributed by atoms with Crippen molar-refractivity contribution in [3.8, 4) is 0 Å². The van der Waals surface area contributed by atoms with Gasteiger partial charge in [0.1, 0.15) is 5.69 Å². The lowest BCUT2D eigenvalue weighted by Crippen LogP contribution is -2.11. The lowest BCUT2D eigenvalue weighted by atomic mass is 10.1. The summed E-state index contributed by atoms with van der Waals surface area (Å²) in [6, 6.07) is 0. The fourth-order valence-electron chi connectivity index (χ4n) is 1.49. The van der Waals surface area contributed by atoms with Crippen molar-refractivity contribution in [3.05, 3.63) is 11.9 Å². The van der Waals surface area contributed by atoms with Crippen LogP contribution in [0.5, 0.6) is 0 Å². The molecule has 5 nitrogen and oxygen atoms in total. The number of aromatic nitrogens is 3. The molecule has 5 heteroatoms. The first kappa shape index (κ1) is 8.65. The van der Waals surface area contributed by atoms with Gasteiger partial charge in [-0.2, -0.15) is 0 Å². The number of nitrogens with zero attached hydrogens (tertiary/aromatic N) is 3. The van der Waals surface area contributed by atoms with E-state index in [1.807, 2.05) is 0 Å². The quantitative estimate of drug-likeness (QED) is 0.705. The molecule has 1 aliphatic heterocycles. The average molecular weight is 183 g/mol. The molecule has 0 unspecified atom stereocenters. The summed E-state index contributed by atoms with van der Waals surface area (Å²) in [5.74, 6) is 0.549. The summed E-state index contributed by atoms with van der Waals surface area (Å²) in [7, 11) is 0. The van der Waals surface area contributed by atoms with E-state index in [0.717, 1.165) is 26.2 Å². The molecule has 0 aromatic carbocycles. The summed E-state index contributed by atoms with van der Waals surface area (Å²) in [5.41, 5.74) is 0.624. The van der Waals surface area contributed by atoms with E-state index < -0.39 is 0 Å². The second-order valence-corrected chi connectivity index (χ2v) is 3.32. The van der Waals surface area contributed by atoms with Gasteiger partial charge in [-0.15, -0.1) is 5.10 Å². The monoisotopic (exact) mass is 183 g/mol. The maximum atomic E-state index is 8.77. The molecule has 2 heterocycles. The standard InChI is InChI=1S/C8H13N3O2/c12-5-8-4-11(10-9-8)3-7-1-2-13-6-7/h4,7,12H,1-3,5-6H2/t7-/m0/s1. The van der Waals surface area contributed by atoms with E-state index in [-0.39, 0.29) is 6.61 Å². The Kier molecular flexibility index (Phi) is 2.56. The maximum absolute atomic E-state index is 8.77. The normalized spacial score (nSPS) is 22.4. The van der Waals surface area contributed by atoms with E-state index in [4.69, 9.17) is 9.84 Å². The summed E-state index contributed by atoms with van der Waals surface area (Å²) in [6.45, 7) is 2.47. The molecule has 1 aromatic heterocycles. The van der Waals surface area contributed by atoms with E-state index in [1.54, 1.807) is 10.9 Å². The van der Waals surface area contributed by atoms with Gasteiger partial charge in [-0.05, 0) is 6.42 Å². The van der Waals surface area contributed by atoms with Crippen molar-refractivity contribution < 1.29 is 9.84 Å². The topological polar surface area (TPSA) is 60.2 Å². The molecule has 0 bridgehead atoms. The Balaban J connectivity index is 1.92. The summed E-state index contributed by atoms with van der Waals surface area (Å²) in [5, 5.41) is 16.5. The summed E-state index contributed by atoms with van der Waals surface area (Å²) < 4.78 is 7.02. The highest BCUT2D eigenvalue weighted by Crippen LogP contribution is 2.13. The molecule has 1 atom stereocenters. The molecule has 13 heavy (non-hydrogen) atoms. The first-order chi connectivity index (χ1) is 6.38. The van der Waals surface area contributed by atoms with E-state index in [0.29, 0.717) is 11.6 Å². The lowest BCUT2D eigenvalue weighted by molar-refractivity contribution is 0.181. The van der Waals surface area contributed by atoms with E-state index in [9.17, 15) is 0 Å². The molecule has 0 saturated carbocycles. The smallest absolute Gasteiger partial charge is 0.108 e. The highest BCUT2D eigenvalue weighted by Gasteiger charge is 2.16. The summed E-state index contributed by atoms with van der Waals surface area (Å²) in [6.07, 6.45) is 2.87. The van der Waals surface area contributed by atoms with Gasteiger partial charge < -0.3 is 9.84 Å². The third kappa shape index (κ3) is 2.05. The Morgan fingerprint density at radius 3 is 3.23 bits per heavy atom. The third-order valence-electron chi connectivity index (χ3n) is 2.22. The van der Waals surface area contributed by atoms with Crippen LogP contribution in [-0.2, 0) is 17.9 Å². The zero-order valence-corrected chi connectivity index (χ0v) is 7.39. The molecule has 1 aromatic rings. The van der Waals surface area contributed by atoms with Crippen LogP contribution in [0.25, 0.3) is 0 Å². The van der Waals surface area contributed by atoms with Crippen LogP contribution < -0.4 is 0 Å². The second-order valence-electron chi connectivity index (χ2n) is 3.32. The van der Waals surface area contributed by atoms with Gasteiger partial charge in [0.15, 0.2) is 0 Å². The van der Waals surface area contributed by atoms with Gasteiger partial charge in [0, 0.05) is 19.1 Å². The Bertz CT molecular complexity index is 268. The van der Waals surface area contributed by atoms with Crippen molar-refractivity contribution in [2.45, 2.75) is 19.6 Å². The molecule has 72 valence electrons. The molecule has 2 rings (SSSR count). The number of aliphatic hydroxyl groups is 1. The number of rotatable bonds is 3. The summed E-state index contributed by atoms with van der Waals surface area (Å²) >= 11 is 0. The SMILES string of the molecule is OCc1cn(C[C@@H]2CCOC2)nn1. The maximum Gasteiger partial charge on any atom is 0.108 e. The van der Waals surface area contributed by atoms with E-state index >= 15 is 0 Å². The number of hydrogen-bond acceptors (Lipinski definition) is 4. The molecule has 1 N–H and O–H groups in total. The first-order valence-corrected chi connectivity index (χ1v) is 4.46. The number of aliphatic hydroxyl groups excluding tert-OH is 1. The molecule has 0 spiro atoms. The molecular formula is C8H13N3O2. The molecule has 1 fully saturated rings. The van der Waals surface area contributed by atoms with E-state index in [1.165, 1.54) is 0 Å². The van der Waals surface area contributed by atoms with Gasteiger partial charge in [-0.25, -0.2) is 0 Å². The van der Waals surface area contributed by atoms with Crippen molar-refractivity contribution in [3.63, 3.8) is 0 Å². The highest BCUT2D eigenvalue weighted by molar-refractivity contribution is 4.89. The van der Waals surface area contributed by atoms with Gasteiger partial charge in [0.05, 0.1) is 19.4 Å². The van der Waals surface area contributed by atoms with Crippen molar-refractivity contribution in [2.75, 3.05) is 13.2 Å². The Morgan fingerprint density at radius 1 is 1.69 bits per heavy atom. The molecule has 0 aliphatic carbocycles. The molecule has 0 amide bonds. The van der Waals surface area contributed by atoms with Crippen LogP contribution in [0.2, 0.25) is 0 Å². The molecule has 0 radical (unpaired) electrons. The second kappa shape index (κ2) is 3.85. The predicted octanol–water partition coefficient (Wildman–Crippen LogP) is -0.193. The summed E-state index contributed by atoms with van der Waals surface area (Å²) in [4.78, 5) is 0. The minimum atomic E-state index is -0.0405. The lowest BCUT2D eigenvalue weighted by Gasteiger charge is -2.05. The zero-order valence-electron chi connectivity index (χ0n) is 7.39. The fourth-order valence-corrected chi connectivity index (χ4v) is 1.49. The van der Waals surface area contributed by atoms with Crippen LogP contribution in [0.1, 0.15) is 12.1 Å². The highest BCUT2D eigenvalue weighted by atomic mass is 16.5. The average Bonchev–Trinajstić information content (AvgIpc) is 2.76. The van der Waals surface area contributed by atoms with Crippen LogP contribution in [0.15, 0.2) is 6.20 Å². The van der Waals surface area contributed by atoms with Crippen molar-refractivity contribution in [1.82, 2.24) is 15.0 Å². The molecule has 1 aliphatic rings. The van der Waals surface area contributed by atoms with Crippen LogP contribution in [0.3, 0.4) is 0 Å². The van der Waals surface area contributed by atoms with Crippen LogP contribution in [0, 0.1) is 5.92 Å². The van der Waals surface area contributed by atoms with Gasteiger partial charge in [0.2, 0.25) is 0 Å². The van der Waals surface area contributed by atoms with Gasteiger partial charge >= 0.3 is 0 Å². The molecule has 1 saturated heterocycles. The van der Waals surface area contributed by atoms with Crippen LogP contribution in [0.4, 0.5) is 0 Å². The van der Waals surface area contributed by atoms with E-state index in [2.05, 4.69) is 10.3 Å². The Hall–Kier alpha value is -0.940. The van der Waals surface area contributed by atoms with Crippen LogP contribution in [-0.4, -0.2) is 33.3 Å². The minimum Gasteiger partial charge on any atom is -0.390 e. The van der Waals surface area contributed by atoms with Crippen molar-refractivity contribution in [1.29, 1.82) is 0 Å². The third-order valence-corrected chi connectivity index (χ3v) is 2.22. The zero-order chi connectivity index (χ0) is 9.10. The minimum absolute atomic E-state index is 0.0405. The van der Waals surface area contributed by atoms with Gasteiger partial charge in [-0.3, -0.25) is 4.68 Å². The largest absolute Gasteiger partial charge is 0.390 e. The van der Waals surface area contributed by atoms with Gasteiger partial charge in [0.25, 0.3) is 0 Å². The van der Waals surface area contributed by atoms with Crippen molar-refractivity contribution >= 4 is 0 Å². The Labute approximate surface area is 76.3 Å². The number of hydrogen-bond donors (Lipinski definition) is 1. The van der Waals surface area contributed by atoms with Crippen LogP contribution >= 0.6 is 0 Å². The molecular weight excluding hydrogens is 170 g/mol. The number of ether oxygens (including phenoxy) is 1. The van der Waals surface area contributed by atoms with Gasteiger partial charge in [-0.1, -0.05) is 5.21 Å². The fraction of sp³-hybridized carbons (Fsp3) is 0.750. The first-order valence-electron chi connectivity index (χ1n) is 4.46. The van der Waals surface area contributed by atoms with Crippen molar-refractivity contribution in [2.24, 2.45) is 5.92 Å².